The number of rotatable bonds is 8. The molecule has 0 aliphatic carbocycles. The summed E-state index contributed by atoms with van der Waals surface area (Å²) in [6.07, 6.45) is 3.07. The van der Waals surface area contributed by atoms with Crippen LogP contribution in [0.4, 0.5) is 0 Å². The minimum Gasteiger partial charge on any atom is -0.492 e. The summed E-state index contributed by atoms with van der Waals surface area (Å²) in [5, 5.41) is 10.1. The van der Waals surface area contributed by atoms with E-state index in [4.69, 9.17) is 33.0 Å². The molecule has 0 aliphatic rings. The van der Waals surface area contributed by atoms with Gasteiger partial charge < -0.3 is 9.84 Å². The second-order valence-electron chi connectivity index (χ2n) is 4.39. The Hall–Kier alpha value is -0.640. The highest BCUT2D eigenvalue weighted by molar-refractivity contribution is 6.35. The Morgan fingerprint density at radius 3 is 2.60 bits per heavy atom. The lowest BCUT2D eigenvalue weighted by Crippen LogP contribution is -2.17. The Labute approximate surface area is 135 Å². The third kappa shape index (κ3) is 6.69. The van der Waals surface area contributed by atoms with Gasteiger partial charge in [0.25, 0.3) is 0 Å². The van der Waals surface area contributed by atoms with Crippen molar-refractivity contribution >= 4 is 41.6 Å². The summed E-state index contributed by atoms with van der Waals surface area (Å²) in [7, 11) is 0. The van der Waals surface area contributed by atoms with Gasteiger partial charge in [0.1, 0.15) is 5.75 Å². The first-order valence-electron chi connectivity index (χ1n) is 6.35. The van der Waals surface area contributed by atoms with Gasteiger partial charge in [0.05, 0.1) is 17.5 Å². The van der Waals surface area contributed by atoms with Crippen molar-refractivity contribution in [3.05, 3.63) is 28.2 Å². The van der Waals surface area contributed by atoms with Crippen molar-refractivity contribution < 1.29 is 14.6 Å². The van der Waals surface area contributed by atoms with Crippen molar-refractivity contribution in [2.75, 3.05) is 6.61 Å². The van der Waals surface area contributed by atoms with Crippen molar-refractivity contribution in [2.45, 2.75) is 32.6 Å². The number of carboxylic acid groups (broad SMARTS) is 1. The normalized spacial score (nSPS) is 11.6. The van der Waals surface area contributed by atoms with Gasteiger partial charge in [-0.1, -0.05) is 43.0 Å². The van der Waals surface area contributed by atoms with Crippen molar-refractivity contribution in [1.29, 1.82) is 0 Å². The molecule has 1 atom stereocenters. The zero-order chi connectivity index (χ0) is 14.3. The molecule has 1 aromatic carbocycles. The van der Waals surface area contributed by atoms with Gasteiger partial charge in [-0.05, 0) is 31.0 Å². The fourth-order valence-electron chi connectivity index (χ4n) is 1.75. The molecule has 0 bridgehead atoms. The molecule has 20 heavy (non-hydrogen) atoms. The molecular weight excluding hydrogens is 323 g/mol. The molecule has 0 saturated heterocycles. The zero-order valence-electron chi connectivity index (χ0n) is 11.3. The molecule has 1 unspecified atom stereocenters. The first-order chi connectivity index (χ1) is 9.04. The number of hydrogen-bond donors (Lipinski definition) is 1. The predicted octanol–water partition coefficient (Wildman–Crippen LogP) is 5.08. The van der Waals surface area contributed by atoms with Gasteiger partial charge in [-0.25, -0.2) is 0 Å². The van der Waals surface area contributed by atoms with Crippen LogP contribution >= 0.6 is 35.6 Å². The van der Waals surface area contributed by atoms with Crippen LogP contribution in [0.15, 0.2) is 18.2 Å². The van der Waals surface area contributed by atoms with Crippen molar-refractivity contribution in [3.63, 3.8) is 0 Å². The second kappa shape index (κ2) is 10.1. The zero-order valence-corrected chi connectivity index (χ0v) is 13.6. The molecule has 0 aliphatic heterocycles. The summed E-state index contributed by atoms with van der Waals surface area (Å²) in [6, 6.07) is 4.98. The van der Waals surface area contributed by atoms with Crippen molar-refractivity contribution in [3.8, 4) is 5.75 Å². The first-order valence-corrected chi connectivity index (χ1v) is 7.10. The van der Waals surface area contributed by atoms with E-state index in [0.717, 1.165) is 12.8 Å². The molecule has 0 spiro atoms. The average molecular weight is 342 g/mol. The number of hydrogen-bond acceptors (Lipinski definition) is 2. The van der Waals surface area contributed by atoms with E-state index in [1.165, 1.54) is 0 Å². The van der Waals surface area contributed by atoms with Crippen LogP contribution in [0.1, 0.15) is 32.6 Å². The molecule has 3 nitrogen and oxygen atoms in total. The van der Waals surface area contributed by atoms with E-state index in [0.29, 0.717) is 35.2 Å². The fourth-order valence-corrected chi connectivity index (χ4v) is 2.21. The summed E-state index contributed by atoms with van der Waals surface area (Å²) >= 11 is 11.7. The Morgan fingerprint density at radius 1 is 1.35 bits per heavy atom. The predicted molar refractivity (Wildman–Crippen MR) is 84.5 cm³/mol. The maximum absolute atomic E-state index is 11.1. The van der Waals surface area contributed by atoms with Gasteiger partial charge in [-0.2, -0.15) is 0 Å². The van der Waals surface area contributed by atoms with Crippen molar-refractivity contribution in [2.24, 2.45) is 5.92 Å². The van der Waals surface area contributed by atoms with Crippen LogP contribution in [0.5, 0.6) is 5.75 Å². The number of unbranched alkanes of at least 4 members (excludes halogenated alkanes) is 1. The average Bonchev–Trinajstić information content (AvgIpc) is 2.35. The topological polar surface area (TPSA) is 46.5 Å². The van der Waals surface area contributed by atoms with E-state index >= 15 is 0 Å². The Morgan fingerprint density at radius 2 is 2.05 bits per heavy atom. The number of halogens is 3. The molecule has 114 valence electrons. The number of ether oxygens (including phenoxy) is 1. The highest BCUT2D eigenvalue weighted by Gasteiger charge is 2.16. The lowest BCUT2D eigenvalue weighted by molar-refractivity contribution is -0.142. The van der Waals surface area contributed by atoms with Crippen molar-refractivity contribution in [1.82, 2.24) is 0 Å². The standard InChI is InChI=1S/C14H18Cl2O3.ClH/c1-2-3-4-10(14(17)18)7-8-19-13-6-5-11(15)9-12(13)16;/h5-6,9-10H,2-4,7-8H2,1H3,(H,17,18);1H. The smallest absolute Gasteiger partial charge is 0.306 e. The number of carbonyl (C=O) groups is 1. The van der Waals surface area contributed by atoms with Crippen LogP contribution in [-0.4, -0.2) is 17.7 Å². The maximum Gasteiger partial charge on any atom is 0.306 e. The van der Waals surface area contributed by atoms with Crippen LogP contribution in [0.3, 0.4) is 0 Å². The van der Waals surface area contributed by atoms with Crippen LogP contribution in [0, 0.1) is 5.92 Å². The largest absolute Gasteiger partial charge is 0.492 e. The molecule has 1 aromatic rings. The van der Waals surface area contributed by atoms with Gasteiger partial charge in [-0.15, -0.1) is 12.4 Å². The number of aliphatic carboxylic acids is 1. The van der Waals surface area contributed by atoms with Gasteiger partial charge in [0.15, 0.2) is 0 Å². The third-order valence-corrected chi connectivity index (χ3v) is 3.40. The van der Waals surface area contributed by atoms with E-state index in [1.54, 1.807) is 18.2 Å². The summed E-state index contributed by atoms with van der Waals surface area (Å²) in [4.78, 5) is 11.1. The SMILES string of the molecule is CCCCC(CCOc1ccc(Cl)cc1Cl)C(=O)O.Cl. The van der Waals surface area contributed by atoms with E-state index in [9.17, 15) is 4.79 Å². The van der Waals surface area contributed by atoms with E-state index < -0.39 is 5.97 Å². The minimum atomic E-state index is -0.765. The molecule has 1 rings (SSSR count). The maximum atomic E-state index is 11.1. The molecule has 0 amide bonds. The summed E-state index contributed by atoms with van der Waals surface area (Å²) in [6.45, 7) is 2.38. The molecule has 6 heteroatoms. The lowest BCUT2D eigenvalue weighted by atomic mass is 9.99. The van der Waals surface area contributed by atoms with Gasteiger partial charge in [0, 0.05) is 5.02 Å². The Kier molecular flexibility index (Phi) is 9.82. The lowest BCUT2D eigenvalue weighted by Gasteiger charge is -2.13. The molecule has 0 saturated carbocycles. The Balaban J connectivity index is 0.00000361. The van der Waals surface area contributed by atoms with Crippen LogP contribution in [0.25, 0.3) is 0 Å². The third-order valence-electron chi connectivity index (χ3n) is 2.87. The molecular formula is C14H19Cl3O3. The van der Waals surface area contributed by atoms with Gasteiger partial charge in [0.2, 0.25) is 0 Å². The monoisotopic (exact) mass is 340 g/mol. The minimum absolute atomic E-state index is 0. The fraction of sp³-hybridized carbons (Fsp3) is 0.500. The molecule has 0 aromatic heterocycles. The summed E-state index contributed by atoms with van der Waals surface area (Å²) in [5.74, 6) is -0.587. The molecule has 0 heterocycles. The van der Waals surface area contributed by atoms with Gasteiger partial charge >= 0.3 is 5.97 Å². The highest BCUT2D eigenvalue weighted by atomic mass is 35.5. The van der Waals surface area contributed by atoms with E-state index in [2.05, 4.69) is 0 Å². The molecule has 0 radical (unpaired) electrons. The summed E-state index contributed by atoms with van der Waals surface area (Å²) < 4.78 is 5.50. The van der Waals surface area contributed by atoms with Crippen LogP contribution < -0.4 is 4.74 Å². The quantitative estimate of drug-likeness (QED) is 0.717. The molecule has 1 N–H and O–H groups in total. The van der Waals surface area contributed by atoms with Crippen LogP contribution in [-0.2, 0) is 4.79 Å². The highest BCUT2D eigenvalue weighted by Crippen LogP contribution is 2.28. The van der Waals surface area contributed by atoms with Gasteiger partial charge in [-0.3, -0.25) is 4.79 Å². The first kappa shape index (κ1) is 19.4. The second-order valence-corrected chi connectivity index (χ2v) is 5.23. The van der Waals surface area contributed by atoms with E-state index in [1.807, 2.05) is 6.92 Å². The van der Waals surface area contributed by atoms with Crippen LogP contribution in [0.2, 0.25) is 10.0 Å². The molecule has 0 fully saturated rings. The number of carboxylic acids is 1. The summed E-state index contributed by atoms with van der Waals surface area (Å²) in [5.41, 5.74) is 0. The number of benzene rings is 1. The Bertz CT molecular complexity index is 424. The van der Waals surface area contributed by atoms with E-state index in [-0.39, 0.29) is 18.3 Å².